The van der Waals surface area contributed by atoms with Crippen LogP contribution in [0.3, 0.4) is 0 Å². The van der Waals surface area contributed by atoms with E-state index < -0.39 is 0 Å². The molecule has 3 rings (SSSR count). The number of benzene rings is 3. The lowest BCUT2D eigenvalue weighted by molar-refractivity contribution is 1.07. The first-order valence-corrected chi connectivity index (χ1v) is 6.99. The molecule has 0 saturated carbocycles. The molecule has 0 aromatic heterocycles. The Labute approximate surface area is 120 Å². The fraction of sp³-hybridized carbons (Fsp3) is 0.158. The van der Waals surface area contributed by atoms with Crippen molar-refractivity contribution in [2.24, 2.45) is 5.73 Å². The fourth-order valence-electron chi connectivity index (χ4n) is 2.80. The number of nitrogens with two attached hydrogens (primary N) is 1. The molecule has 3 aromatic carbocycles. The molecule has 0 bridgehead atoms. The summed E-state index contributed by atoms with van der Waals surface area (Å²) in [5.74, 6) is 0. The Morgan fingerprint density at radius 3 is 2.30 bits per heavy atom. The predicted molar refractivity (Wildman–Crippen MR) is 86.7 cm³/mol. The minimum atomic E-state index is 0.567. The highest BCUT2D eigenvalue weighted by Gasteiger charge is 2.09. The van der Waals surface area contributed by atoms with Crippen molar-refractivity contribution < 1.29 is 0 Å². The van der Waals surface area contributed by atoms with E-state index in [2.05, 4.69) is 68.4 Å². The summed E-state index contributed by atoms with van der Waals surface area (Å²) >= 11 is 0. The third-order valence-electron chi connectivity index (χ3n) is 3.92. The van der Waals surface area contributed by atoms with Gasteiger partial charge in [-0.15, -0.1) is 0 Å². The summed E-state index contributed by atoms with van der Waals surface area (Å²) < 4.78 is 0. The van der Waals surface area contributed by atoms with Gasteiger partial charge in [-0.05, 0) is 46.9 Å². The predicted octanol–water partition coefficient (Wildman–Crippen LogP) is 4.58. The number of fused-ring (bicyclic) bond motifs is 1. The van der Waals surface area contributed by atoms with E-state index in [0.717, 1.165) is 0 Å². The average Bonchev–Trinajstić information content (AvgIpc) is 2.48. The molecule has 100 valence electrons. The summed E-state index contributed by atoms with van der Waals surface area (Å²) in [5, 5.41) is 2.61. The highest BCUT2D eigenvalue weighted by Crippen LogP contribution is 2.33. The first-order valence-electron chi connectivity index (χ1n) is 6.99. The molecule has 0 heterocycles. The van der Waals surface area contributed by atoms with Gasteiger partial charge in [0.1, 0.15) is 0 Å². The second kappa shape index (κ2) is 5.10. The fourth-order valence-corrected chi connectivity index (χ4v) is 2.80. The van der Waals surface area contributed by atoms with Crippen molar-refractivity contribution in [2.75, 3.05) is 0 Å². The molecule has 0 aliphatic rings. The van der Waals surface area contributed by atoms with Gasteiger partial charge in [0.25, 0.3) is 0 Å². The van der Waals surface area contributed by atoms with Gasteiger partial charge in [0.05, 0.1) is 0 Å². The molecule has 0 aliphatic carbocycles. The van der Waals surface area contributed by atoms with Crippen molar-refractivity contribution in [3.8, 4) is 11.1 Å². The van der Waals surface area contributed by atoms with E-state index in [1.807, 2.05) is 0 Å². The molecule has 0 unspecified atom stereocenters. The zero-order valence-electron chi connectivity index (χ0n) is 12.0. The van der Waals surface area contributed by atoms with Crippen LogP contribution in [0.4, 0.5) is 0 Å². The van der Waals surface area contributed by atoms with Gasteiger partial charge in [0, 0.05) is 6.54 Å². The van der Waals surface area contributed by atoms with Crippen molar-refractivity contribution in [2.45, 2.75) is 20.4 Å². The lowest BCUT2D eigenvalue weighted by atomic mass is 9.92. The third kappa shape index (κ3) is 2.10. The Kier molecular flexibility index (Phi) is 3.29. The minimum Gasteiger partial charge on any atom is -0.326 e. The summed E-state index contributed by atoms with van der Waals surface area (Å²) in [4.78, 5) is 0. The standard InChI is InChI=1S/C19H19N/c1-13-7-9-15(12-20)19(11-13)18-10-8-14(2)16-5-3-4-6-17(16)18/h3-11H,12,20H2,1-2H3. The van der Waals surface area contributed by atoms with Crippen LogP contribution in [0.2, 0.25) is 0 Å². The van der Waals surface area contributed by atoms with Gasteiger partial charge in [0.15, 0.2) is 0 Å². The number of hydrogen-bond donors (Lipinski definition) is 1. The van der Waals surface area contributed by atoms with Crippen LogP contribution in [0.1, 0.15) is 16.7 Å². The topological polar surface area (TPSA) is 26.0 Å². The van der Waals surface area contributed by atoms with Crippen LogP contribution in [0.25, 0.3) is 21.9 Å². The van der Waals surface area contributed by atoms with E-state index in [1.165, 1.54) is 38.6 Å². The second-order valence-electron chi connectivity index (χ2n) is 5.34. The van der Waals surface area contributed by atoms with Crippen molar-refractivity contribution in [3.63, 3.8) is 0 Å². The molecule has 1 heteroatoms. The van der Waals surface area contributed by atoms with E-state index in [4.69, 9.17) is 5.73 Å². The summed E-state index contributed by atoms with van der Waals surface area (Å²) in [7, 11) is 0. The molecular formula is C19H19N. The molecule has 0 atom stereocenters. The first-order chi connectivity index (χ1) is 9.70. The van der Waals surface area contributed by atoms with Gasteiger partial charge >= 0.3 is 0 Å². The zero-order valence-corrected chi connectivity index (χ0v) is 12.0. The van der Waals surface area contributed by atoms with E-state index in [9.17, 15) is 0 Å². The van der Waals surface area contributed by atoms with Crippen LogP contribution in [0, 0.1) is 13.8 Å². The molecule has 0 radical (unpaired) electrons. The van der Waals surface area contributed by atoms with Crippen LogP contribution < -0.4 is 5.73 Å². The van der Waals surface area contributed by atoms with Crippen LogP contribution in [0.5, 0.6) is 0 Å². The van der Waals surface area contributed by atoms with Gasteiger partial charge in [-0.1, -0.05) is 60.2 Å². The van der Waals surface area contributed by atoms with Crippen LogP contribution >= 0.6 is 0 Å². The quantitative estimate of drug-likeness (QED) is 0.717. The van der Waals surface area contributed by atoms with Gasteiger partial charge < -0.3 is 5.73 Å². The smallest absolute Gasteiger partial charge is 0.0184 e. The number of rotatable bonds is 2. The molecule has 3 aromatic rings. The Morgan fingerprint density at radius 1 is 0.800 bits per heavy atom. The summed E-state index contributed by atoms with van der Waals surface area (Å²) in [6.07, 6.45) is 0. The highest BCUT2D eigenvalue weighted by atomic mass is 14.5. The summed E-state index contributed by atoms with van der Waals surface area (Å²) in [6, 6.07) is 19.5. The van der Waals surface area contributed by atoms with Gasteiger partial charge in [0.2, 0.25) is 0 Å². The normalized spacial score (nSPS) is 10.9. The molecule has 0 aliphatic heterocycles. The molecule has 1 nitrogen and oxygen atoms in total. The Bertz CT molecular complexity index is 772. The van der Waals surface area contributed by atoms with Gasteiger partial charge in [-0.3, -0.25) is 0 Å². The lowest BCUT2D eigenvalue weighted by Crippen LogP contribution is -1.99. The van der Waals surface area contributed by atoms with E-state index in [-0.39, 0.29) is 0 Å². The molecule has 0 fully saturated rings. The van der Waals surface area contributed by atoms with E-state index in [1.54, 1.807) is 0 Å². The zero-order chi connectivity index (χ0) is 14.1. The van der Waals surface area contributed by atoms with Crippen LogP contribution in [-0.4, -0.2) is 0 Å². The molecular weight excluding hydrogens is 242 g/mol. The minimum absolute atomic E-state index is 0.567. The van der Waals surface area contributed by atoms with Crippen LogP contribution in [-0.2, 0) is 6.54 Å². The largest absolute Gasteiger partial charge is 0.326 e. The Hall–Kier alpha value is -2.12. The van der Waals surface area contributed by atoms with Gasteiger partial charge in [-0.2, -0.15) is 0 Å². The SMILES string of the molecule is Cc1ccc(CN)c(-c2ccc(C)c3ccccc23)c1. The second-order valence-corrected chi connectivity index (χ2v) is 5.34. The molecule has 0 amide bonds. The highest BCUT2D eigenvalue weighted by molar-refractivity contribution is 5.99. The van der Waals surface area contributed by atoms with Crippen LogP contribution in [0.15, 0.2) is 54.6 Å². The molecule has 20 heavy (non-hydrogen) atoms. The number of hydrogen-bond acceptors (Lipinski definition) is 1. The van der Waals surface area contributed by atoms with Crippen molar-refractivity contribution in [1.29, 1.82) is 0 Å². The van der Waals surface area contributed by atoms with Crippen molar-refractivity contribution >= 4 is 10.8 Å². The first kappa shape index (κ1) is 12.9. The summed E-state index contributed by atoms with van der Waals surface area (Å²) in [5.41, 5.74) is 12.2. The maximum atomic E-state index is 5.91. The average molecular weight is 261 g/mol. The summed E-state index contributed by atoms with van der Waals surface area (Å²) in [6.45, 7) is 4.85. The Morgan fingerprint density at radius 2 is 1.55 bits per heavy atom. The Balaban J connectivity index is 2.36. The lowest BCUT2D eigenvalue weighted by Gasteiger charge is -2.13. The maximum absolute atomic E-state index is 5.91. The van der Waals surface area contributed by atoms with E-state index in [0.29, 0.717) is 6.54 Å². The molecule has 2 N–H and O–H groups in total. The molecule has 0 saturated heterocycles. The monoisotopic (exact) mass is 261 g/mol. The van der Waals surface area contributed by atoms with E-state index >= 15 is 0 Å². The maximum Gasteiger partial charge on any atom is 0.0184 e. The van der Waals surface area contributed by atoms with Gasteiger partial charge in [-0.25, -0.2) is 0 Å². The van der Waals surface area contributed by atoms with Crippen molar-refractivity contribution in [3.05, 3.63) is 71.3 Å². The number of aryl methyl sites for hydroxylation is 2. The third-order valence-corrected chi connectivity index (χ3v) is 3.92. The molecule has 0 spiro atoms. The van der Waals surface area contributed by atoms with Crippen molar-refractivity contribution in [1.82, 2.24) is 0 Å².